The van der Waals surface area contributed by atoms with E-state index in [4.69, 9.17) is 11.6 Å². The first-order chi connectivity index (χ1) is 12.5. The van der Waals surface area contributed by atoms with E-state index in [0.29, 0.717) is 36.6 Å². The summed E-state index contributed by atoms with van der Waals surface area (Å²) in [5.41, 5.74) is 1.51. The van der Waals surface area contributed by atoms with Crippen LogP contribution in [0.1, 0.15) is 30.1 Å². The molecule has 8 heteroatoms. The summed E-state index contributed by atoms with van der Waals surface area (Å²) in [5, 5.41) is 18.6. The minimum Gasteiger partial charge on any atom is -0.508 e. The number of anilines is 1. The number of nitrogens with zero attached hydrogens (tertiary/aromatic N) is 4. The minimum atomic E-state index is -0.957. The SMILES string of the molecule is Cc1nnc2c(Cl)c(N3CCC(c4c(O)ccc(F)c4F)CC3)ccn12. The number of pyridine rings is 1. The van der Waals surface area contributed by atoms with E-state index >= 15 is 0 Å². The van der Waals surface area contributed by atoms with E-state index in [1.807, 2.05) is 23.6 Å². The number of rotatable bonds is 2. The van der Waals surface area contributed by atoms with Crippen molar-refractivity contribution in [2.75, 3.05) is 18.0 Å². The first-order valence-electron chi connectivity index (χ1n) is 8.39. The Balaban J connectivity index is 1.58. The van der Waals surface area contributed by atoms with Crippen LogP contribution in [0.25, 0.3) is 5.65 Å². The molecule has 0 radical (unpaired) electrons. The van der Waals surface area contributed by atoms with Gasteiger partial charge in [0.1, 0.15) is 16.6 Å². The van der Waals surface area contributed by atoms with Crippen LogP contribution in [0.2, 0.25) is 5.02 Å². The third kappa shape index (κ3) is 2.67. The summed E-state index contributed by atoms with van der Waals surface area (Å²) in [6.07, 6.45) is 3.04. The number of phenolic OH excluding ortho intramolecular Hbond substituents is 1. The van der Waals surface area contributed by atoms with E-state index in [-0.39, 0.29) is 17.2 Å². The Bertz CT molecular complexity index is 983. The number of aromatic nitrogens is 3. The highest BCUT2D eigenvalue weighted by molar-refractivity contribution is 6.36. The normalized spacial score (nSPS) is 15.8. The Hall–Kier alpha value is -2.41. The molecule has 0 atom stereocenters. The molecule has 5 nitrogen and oxygen atoms in total. The molecule has 1 aliphatic rings. The van der Waals surface area contributed by atoms with Crippen molar-refractivity contribution in [1.82, 2.24) is 14.6 Å². The van der Waals surface area contributed by atoms with Crippen molar-refractivity contribution < 1.29 is 13.9 Å². The number of halogens is 3. The average Bonchev–Trinajstić information content (AvgIpc) is 3.02. The van der Waals surface area contributed by atoms with Crippen molar-refractivity contribution in [2.45, 2.75) is 25.7 Å². The number of piperidine rings is 1. The van der Waals surface area contributed by atoms with Gasteiger partial charge in [-0.15, -0.1) is 10.2 Å². The Morgan fingerprint density at radius 3 is 2.62 bits per heavy atom. The van der Waals surface area contributed by atoms with Crippen LogP contribution in [-0.4, -0.2) is 32.8 Å². The Kier molecular flexibility index (Phi) is 4.19. The molecule has 0 aliphatic carbocycles. The van der Waals surface area contributed by atoms with E-state index in [9.17, 15) is 13.9 Å². The number of fused-ring (bicyclic) bond motifs is 1. The van der Waals surface area contributed by atoms with Crippen LogP contribution in [-0.2, 0) is 0 Å². The molecule has 3 heterocycles. The van der Waals surface area contributed by atoms with Gasteiger partial charge in [-0.2, -0.15) is 0 Å². The molecule has 0 spiro atoms. The summed E-state index contributed by atoms with van der Waals surface area (Å²) in [4.78, 5) is 2.09. The maximum Gasteiger partial charge on any atom is 0.181 e. The van der Waals surface area contributed by atoms with E-state index < -0.39 is 11.6 Å². The number of hydrogen-bond donors (Lipinski definition) is 1. The van der Waals surface area contributed by atoms with E-state index in [2.05, 4.69) is 15.1 Å². The first kappa shape index (κ1) is 17.0. The predicted octanol–water partition coefficient (Wildman–Crippen LogP) is 4.06. The number of hydrogen-bond acceptors (Lipinski definition) is 4. The number of benzene rings is 1. The summed E-state index contributed by atoms with van der Waals surface area (Å²) >= 11 is 6.50. The van der Waals surface area contributed by atoms with Gasteiger partial charge in [-0.1, -0.05) is 11.6 Å². The summed E-state index contributed by atoms with van der Waals surface area (Å²) in [7, 11) is 0. The highest BCUT2D eigenvalue weighted by atomic mass is 35.5. The van der Waals surface area contributed by atoms with Gasteiger partial charge in [-0.3, -0.25) is 4.40 Å². The van der Waals surface area contributed by atoms with Crippen molar-refractivity contribution in [3.63, 3.8) is 0 Å². The number of aromatic hydroxyl groups is 1. The second-order valence-electron chi connectivity index (χ2n) is 6.51. The topological polar surface area (TPSA) is 53.7 Å². The van der Waals surface area contributed by atoms with Gasteiger partial charge in [-0.25, -0.2) is 8.78 Å². The van der Waals surface area contributed by atoms with Crippen LogP contribution in [0, 0.1) is 18.6 Å². The largest absolute Gasteiger partial charge is 0.508 e. The molecule has 3 aromatic rings. The second kappa shape index (κ2) is 6.39. The lowest BCUT2D eigenvalue weighted by atomic mass is 9.88. The maximum atomic E-state index is 14.1. The lowest BCUT2D eigenvalue weighted by Gasteiger charge is -2.34. The maximum absolute atomic E-state index is 14.1. The summed E-state index contributed by atoms with van der Waals surface area (Å²) in [5.74, 6) is -1.57. The van der Waals surface area contributed by atoms with Crippen LogP contribution in [0.4, 0.5) is 14.5 Å². The van der Waals surface area contributed by atoms with Gasteiger partial charge < -0.3 is 10.0 Å². The van der Waals surface area contributed by atoms with Gasteiger partial charge in [0.25, 0.3) is 0 Å². The van der Waals surface area contributed by atoms with Gasteiger partial charge in [-0.05, 0) is 43.9 Å². The fourth-order valence-corrected chi connectivity index (χ4v) is 3.94. The molecule has 26 heavy (non-hydrogen) atoms. The predicted molar refractivity (Wildman–Crippen MR) is 94.9 cm³/mol. The van der Waals surface area contributed by atoms with Crippen LogP contribution >= 0.6 is 11.6 Å². The van der Waals surface area contributed by atoms with Crippen LogP contribution in [0.15, 0.2) is 24.4 Å². The second-order valence-corrected chi connectivity index (χ2v) is 6.89. The Morgan fingerprint density at radius 1 is 1.15 bits per heavy atom. The first-order valence-corrected chi connectivity index (χ1v) is 8.77. The van der Waals surface area contributed by atoms with E-state index in [1.54, 1.807) is 0 Å². The standard InChI is InChI=1S/C18H17ClF2N4O/c1-10-22-23-18-16(19)13(6-9-25(10)18)24-7-4-11(5-8-24)15-14(26)3-2-12(20)17(15)21/h2-3,6,9,11,26H,4-5,7-8H2,1H3. The van der Waals surface area contributed by atoms with Crippen molar-refractivity contribution in [2.24, 2.45) is 0 Å². The van der Waals surface area contributed by atoms with Crippen molar-refractivity contribution in [3.8, 4) is 5.75 Å². The number of aryl methyl sites for hydroxylation is 1. The molecule has 1 saturated heterocycles. The molecule has 1 fully saturated rings. The quantitative estimate of drug-likeness (QED) is 0.730. The van der Waals surface area contributed by atoms with Crippen LogP contribution in [0.3, 0.4) is 0 Å². The van der Waals surface area contributed by atoms with Crippen molar-refractivity contribution in [1.29, 1.82) is 0 Å². The molecular formula is C18H17ClF2N4O. The molecule has 2 aromatic heterocycles. The Morgan fingerprint density at radius 2 is 1.88 bits per heavy atom. The summed E-state index contributed by atoms with van der Waals surface area (Å²) in [6.45, 7) is 3.08. The zero-order chi connectivity index (χ0) is 18.4. The summed E-state index contributed by atoms with van der Waals surface area (Å²) < 4.78 is 29.5. The van der Waals surface area contributed by atoms with Crippen molar-refractivity contribution in [3.05, 3.63) is 52.4 Å². The molecule has 1 aromatic carbocycles. The lowest BCUT2D eigenvalue weighted by Crippen LogP contribution is -2.33. The zero-order valence-electron chi connectivity index (χ0n) is 14.1. The fraction of sp³-hybridized carbons (Fsp3) is 0.333. The number of phenols is 1. The van der Waals surface area contributed by atoms with Crippen LogP contribution < -0.4 is 4.90 Å². The molecule has 4 rings (SSSR count). The minimum absolute atomic E-state index is 0.0688. The average molecular weight is 379 g/mol. The van der Waals surface area contributed by atoms with Gasteiger partial charge in [0.2, 0.25) is 0 Å². The molecule has 0 amide bonds. The molecule has 0 saturated carbocycles. The van der Waals surface area contributed by atoms with E-state index in [0.717, 1.165) is 17.6 Å². The summed E-state index contributed by atoms with van der Waals surface area (Å²) in [6, 6.07) is 4.06. The van der Waals surface area contributed by atoms with Gasteiger partial charge in [0.05, 0.1) is 5.69 Å². The van der Waals surface area contributed by atoms with Gasteiger partial charge in [0.15, 0.2) is 17.3 Å². The zero-order valence-corrected chi connectivity index (χ0v) is 14.8. The van der Waals surface area contributed by atoms with Gasteiger partial charge in [0, 0.05) is 24.8 Å². The Labute approximate surface area is 153 Å². The van der Waals surface area contributed by atoms with Gasteiger partial charge >= 0.3 is 0 Å². The molecule has 1 aliphatic heterocycles. The third-order valence-corrected chi connectivity index (χ3v) is 5.39. The lowest BCUT2D eigenvalue weighted by molar-refractivity contribution is 0.408. The highest BCUT2D eigenvalue weighted by Gasteiger charge is 2.28. The molecular weight excluding hydrogens is 362 g/mol. The molecule has 0 unspecified atom stereocenters. The molecule has 136 valence electrons. The van der Waals surface area contributed by atoms with Crippen LogP contribution in [0.5, 0.6) is 5.75 Å². The smallest absolute Gasteiger partial charge is 0.181 e. The molecule has 1 N–H and O–H groups in total. The van der Waals surface area contributed by atoms with E-state index in [1.165, 1.54) is 6.07 Å². The highest BCUT2D eigenvalue weighted by Crippen LogP contribution is 2.39. The monoisotopic (exact) mass is 378 g/mol. The third-order valence-electron chi connectivity index (χ3n) is 5.02. The molecule has 0 bridgehead atoms. The van der Waals surface area contributed by atoms with Crippen molar-refractivity contribution >= 4 is 22.9 Å². The fourth-order valence-electron chi connectivity index (χ4n) is 3.63.